The van der Waals surface area contributed by atoms with E-state index in [1.807, 2.05) is 16.9 Å². The number of piperidine rings is 1. The van der Waals surface area contributed by atoms with E-state index in [2.05, 4.69) is 25.3 Å². The van der Waals surface area contributed by atoms with Crippen molar-refractivity contribution in [2.24, 2.45) is 5.92 Å². The average molecular weight is 310 g/mol. The van der Waals surface area contributed by atoms with Crippen molar-refractivity contribution in [3.8, 4) is 5.95 Å². The SMILES string of the molecule is c1cnc(-n2ncc3c2CN(CC2CC4CCC(C2)N4)C3)nc1. The highest BCUT2D eigenvalue weighted by Crippen LogP contribution is 2.33. The van der Waals surface area contributed by atoms with Crippen LogP contribution in [0.25, 0.3) is 5.95 Å². The second kappa shape index (κ2) is 5.39. The first-order valence-corrected chi connectivity index (χ1v) is 8.67. The number of fused-ring (bicyclic) bond motifs is 3. The van der Waals surface area contributed by atoms with Gasteiger partial charge in [-0.2, -0.15) is 5.10 Å². The Bertz CT molecular complexity index is 684. The van der Waals surface area contributed by atoms with Crippen LogP contribution in [0.5, 0.6) is 0 Å². The minimum Gasteiger partial charge on any atom is -0.311 e. The van der Waals surface area contributed by atoms with Crippen molar-refractivity contribution >= 4 is 0 Å². The third-order valence-electron chi connectivity index (χ3n) is 5.55. The minimum atomic E-state index is 0.676. The summed E-state index contributed by atoms with van der Waals surface area (Å²) in [5.74, 6) is 1.52. The average Bonchev–Trinajstić information content (AvgIpc) is 3.22. The third kappa shape index (κ3) is 2.46. The van der Waals surface area contributed by atoms with Gasteiger partial charge in [-0.3, -0.25) is 4.90 Å². The van der Waals surface area contributed by atoms with Gasteiger partial charge in [0.05, 0.1) is 11.9 Å². The van der Waals surface area contributed by atoms with Crippen molar-refractivity contribution in [2.75, 3.05) is 6.54 Å². The Hall–Kier alpha value is -1.79. The van der Waals surface area contributed by atoms with E-state index >= 15 is 0 Å². The van der Waals surface area contributed by atoms with Crippen molar-refractivity contribution in [3.05, 3.63) is 35.9 Å². The largest absolute Gasteiger partial charge is 0.311 e. The van der Waals surface area contributed by atoms with Gasteiger partial charge in [0.2, 0.25) is 0 Å². The van der Waals surface area contributed by atoms with Crippen LogP contribution >= 0.6 is 0 Å². The van der Waals surface area contributed by atoms with Gasteiger partial charge in [0, 0.05) is 49.7 Å². The fraction of sp³-hybridized carbons (Fsp3) is 0.588. The van der Waals surface area contributed by atoms with E-state index in [4.69, 9.17) is 0 Å². The van der Waals surface area contributed by atoms with Crippen molar-refractivity contribution in [1.29, 1.82) is 0 Å². The number of nitrogens with zero attached hydrogens (tertiary/aromatic N) is 5. The lowest BCUT2D eigenvalue weighted by Crippen LogP contribution is -2.41. The Labute approximate surface area is 135 Å². The van der Waals surface area contributed by atoms with Crippen molar-refractivity contribution in [3.63, 3.8) is 0 Å². The molecule has 0 radical (unpaired) electrons. The highest BCUT2D eigenvalue weighted by molar-refractivity contribution is 5.27. The van der Waals surface area contributed by atoms with Gasteiger partial charge < -0.3 is 5.32 Å². The Morgan fingerprint density at radius 3 is 2.65 bits per heavy atom. The van der Waals surface area contributed by atoms with Gasteiger partial charge >= 0.3 is 0 Å². The summed E-state index contributed by atoms with van der Waals surface area (Å²) in [5.41, 5.74) is 2.59. The fourth-order valence-corrected chi connectivity index (χ4v) is 4.61. The quantitative estimate of drug-likeness (QED) is 0.931. The normalized spacial score (nSPS) is 29.8. The highest BCUT2D eigenvalue weighted by atomic mass is 15.4. The molecule has 2 bridgehead atoms. The number of aromatic nitrogens is 4. The standard InChI is InChI=1S/C17H22N6/c1-4-18-17(19-5-1)23-16-11-22(10-13(16)8-20-23)9-12-6-14-2-3-15(7-12)21-14/h1,4-5,8,12,14-15,21H,2-3,6-7,9-11H2. The summed E-state index contributed by atoms with van der Waals surface area (Å²) in [4.78, 5) is 11.2. The van der Waals surface area contributed by atoms with Gasteiger partial charge in [-0.05, 0) is 37.7 Å². The molecular weight excluding hydrogens is 288 g/mol. The van der Waals surface area contributed by atoms with E-state index in [-0.39, 0.29) is 0 Å². The first-order valence-electron chi connectivity index (χ1n) is 8.67. The molecule has 2 saturated heterocycles. The van der Waals surface area contributed by atoms with Crippen LogP contribution in [0.1, 0.15) is 36.9 Å². The molecule has 6 nitrogen and oxygen atoms in total. The Balaban J connectivity index is 1.30. The van der Waals surface area contributed by atoms with Gasteiger partial charge in [0.1, 0.15) is 0 Å². The van der Waals surface area contributed by atoms with Gasteiger partial charge in [0.25, 0.3) is 5.95 Å². The predicted octanol–water partition coefficient (Wildman–Crippen LogP) is 1.51. The van der Waals surface area contributed by atoms with Gasteiger partial charge in [-0.25, -0.2) is 14.6 Å². The van der Waals surface area contributed by atoms with Crippen molar-refractivity contribution in [1.82, 2.24) is 30.0 Å². The molecule has 2 aromatic rings. The van der Waals surface area contributed by atoms with Crippen molar-refractivity contribution in [2.45, 2.75) is 50.9 Å². The first-order chi connectivity index (χ1) is 11.3. The zero-order chi connectivity index (χ0) is 15.2. The number of hydrogen-bond acceptors (Lipinski definition) is 5. The molecule has 0 aliphatic carbocycles. The van der Waals surface area contributed by atoms with Crippen LogP contribution in [0.3, 0.4) is 0 Å². The Kier molecular flexibility index (Phi) is 3.19. The molecule has 0 aromatic carbocycles. The monoisotopic (exact) mass is 310 g/mol. The molecule has 2 unspecified atom stereocenters. The van der Waals surface area contributed by atoms with Crippen LogP contribution in [0.4, 0.5) is 0 Å². The molecule has 2 atom stereocenters. The summed E-state index contributed by atoms with van der Waals surface area (Å²) in [5, 5.41) is 8.22. The molecule has 0 amide bonds. The fourth-order valence-electron chi connectivity index (χ4n) is 4.61. The number of nitrogens with one attached hydrogen (secondary N) is 1. The second-order valence-electron chi connectivity index (χ2n) is 7.22. The second-order valence-corrected chi connectivity index (χ2v) is 7.22. The van der Waals surface area contributed by atoms with E-state index in [0.717, 1.165) is 31.1 Å². The molecule has 6 heteroatoms. The lowest BCUT2D eigenvalue weighted by atomic mass is 9.92. The molecule has 2 fully saturated rings. The zero-order valence-corrected chi connectivity index (χ0v) is 13.2. The number of rotatable bonds is 3. The maximum atomic E-state index is 4.48. The molecule has 120 valence electrons. The van der Waals surface area contributed by atoms with Crippen LogP contribution in [-0.2, 0) is 13.1 Å². The zero-order valence-electron chi connectivity index (χ0n) is 13.2. The van der Waals surface area contributed by atoms with E-state index < -0.39 is 0 Å². The number of hydrogen-bond donors (Lipinski definition) is 1. The minimum absolute atomic E-state index is 0.676. The van der Waals surface area contributed by atoms with Gasteiger partial charge in [0.15, 0.2) is 0 Å². The maximum Gasteiger partial charge on any atom is 0.250 e. The molecule has 23 heavy (non-hydrogen) atoms. The van der Waals surface area contributed by atoms with Crippen molar-refractivity contribution < 1.29 is 0 Å². The van der Waals surface area contributed by atoms with E-state index in [1.165, 1.54) is 43.5 Å². The summed E-state index contributed by atoms with van der Waals surface area (Å²) < 4.78 is 1.90. The molecule has 0 spiro atoms. The molecule has 5 rings (SSSR count). The van der Waals surface area contributed by atoms with Crippen LogP contribution in [0.2, 0.25) is 0 Å². The van der Waals surface area contributed by atoms with E-state index in [1.54, 1.807) is 12.4 Å². The molecule has 3 aliphatic rings. The Morgan fingerprint density at radius 1 is 1.09 bits per heavy atom. The third-order valence-corrected chi connectivity index (χ3v) is 5.55. The lowest BCUT2D eigenvalue weighted by molar-refractivity contribution is 0.185. The van der Waals surface area contributed by atoms with Gasteiger partial charge in [-0.15, -0.1) is 0 Å². The molecule has 0 saturated carbocycles. The molecular formula is C17H22N6. The lowest BCUT2D eigenvalue weighted by Gasteiger charge is -2.31. The summed E-state index contributed by atoms with van der Waals surface area (Å²) >= 11 is 0. The van der Waals surface area contributed by atoms with Crippen LogP contribution in [0.15, 0.2) is 24.7 Å². The maximum absolute atomic E-state index is 4.48. The molecule has 5 heterocycles. The summed E-state index contributed by atoms with van der Waals surface area (Å²) in [6.07, 6.45) is 11.0. The predicted molar refractivity (Wildman–Crippen MR) is 85.9 cm³/mol. The van der Waals surface area contributed by atoms with Crippen LogP contribution in [0, 0.1) is 5.92 Å². The van der Waals surface area contributed by atoms with E-state index in [9.17, 15) is 0 Å². The Morgan fingerprint density at radius 2 is 1.87 bits per heavy atom. The molecule has 3 aliphatic heterocycles. The smallest absolute Gasteiger partial charge is 0.250 e. The summed E-state index contributed by atoms with van der Waals surface area (Å²) in [7, 11) is 0. The molecule has 2 aromatic heterocycles. The summed E-state index contributed by atoms with van der Waals surface area (Å²) in [6, 6.07) is 3.39. The first kappa shape index (κ1) is 13.6. The van der Waals surface area contributed by atoms with Crippen LogP contribution in [-0.4, -0.2) is 43.3 Å². The molecule has 1 N–H and O–H groups in total. The van der Waals surface area contributed by atoms with Gasteiger partial charge in [-0.1, -0.05) is 0 Å². The highest BCUT2D eigenvalue weighted by Gasteiger charge is 2.35. The topological polar surface area (TPSA) is 58.9 Å². The van der Waals surface area contributed by atoms with Crippen LogP contribution < -0.4 is 5.32 Å². The van der Waals surface area contributed by atoms with E-state index in [0.29, 0.717) is 5.95 Å². The summed E-state index contributed by atoms with van der Waals surface area (Å²) in [6.45, 7) is 3.19.